The quantitative estimate of drug-likeness (QED) is 0.827. The Balaban J connectivity index is 2.26. The highest BCUT2D eigenvalue weighted by molar-refractivity contribution is 5.98. The third kappa shape index (κ3) is 4.81. The van der Waals surface area contributed by atoms with E-state index in [4.69, 9.17) is 4.74 Å². The molecule has 128 valence electrons. The summed E-state index contributed by atoms with van der Waals surface area (Å²) in [4.78, 5) is 12.8. The molecule has 0 unspecified atom stereocenters. The molecule has 1 heterocycles. The van der Waals surface area contributed by atoms with Gasteiger partial charge >= 0.3 is 0 Å². The van der Waals surface area contributed by atoms with Gasteiger partial charge in [-0.15, -0.1) is 0 Å². The molecule has 1 saturated heterocycles. The molecule has 1 N–H and O–H groups in total. The van der Waals surface area contributed by atoms with Crippen molar-refractivity contribution in [3.05, 3.63) is 29.3 Å². The first kappa shape index (κ1) is 18.0. The normalized spacial score (nSPS) is 16.6. The molecule has 0 bridgehead atoms. The van der Waals surface area contributed by atoms with E-state index in [-0.39, 0.29) is 17.1 Å². The van der Waals surface area contributed by atoms with E-state index in [2.05, 4.69) is 46.0 Å². The minimum Gasteiger partial charge on any atom is -0.493 e. The molecule has 2 rings (SSSR count). The van der Waals surface area contributed by atoms with Gasteiger partial charge in [0.25, 0.3) is 0 Å². The van der Waals surface area contributed by atoms with Crippen LogP contribution in [-0.4, -0.2) is 25.5 Å². The molecule has 1 aromatic carbocycles. The van der Waals surface area contributed by atoms with Crippen molar-refractivity contribution >= 4 is 5.78 Å². The number of ether oxygens (including phenoxy) is 1. The van der Waals surface area contributed by atoms with E-state index in [1.807, 2.05) is 12.1 Å². The van der Waals surface area contributed by atoms with Crippen LogP contribution in [0.25, 0.3) is 0 Å². The minimum atomic E-state index is -0.0449. The number of Topliss-reactive ketones (excluding diaryl/α,β-unsaturated/α-hetero) is 1. The molecule has 0 aliphatic carbocycles. The maximum atomic E-state index is 12.8. The van der Waals surface area contributed by atoms with E-state index in [0.29, 0.717) is 12.5 Å². The number of carbonyl (C=O) groups is 1. The number of hydrogen-bond acceptors (Lipinski definition) is 3. The molecule has 0 aromatic heterocycles. The van der Waals surface area contributed by atoms with E-state index >= 15 is 0 Å². The van der Waals surface area contributed by atoms with Gasteiger partial charge in [0.2, 0.25) is 0 Å². The number of rotatable bonds is 5. The molecule has 0 saturated carbocycles. The summed E-state index contributed by atoms with van der Waals surface area (Å²) < 4.78 is 5.98. The second-order valence-corrected chi connectivity index (χ2v) is 8.05. The predicted octanol–water partition coefficient (Wildman–Crippen LogP) is 4.20. The van der Waals surface area contributed by atoms with Gasteiger partial charge in [0.05, 0.1) is 6.61 Å². The van der Waals surface area contributed by atoms with Gasteiger partial charge in [0, 0.05) is 17.0 Å². The maximum absolute atomic E-state index is 12.8. The third-order valence-corrected chi connectivity index (χ3v) is 4.35. The van der Waals surface area contributed by atoms with Crippen LogP contribution >= 0.6 is 0 Å². The molecule has 0 amide bonds. The van der Waals surface area contributed by atoms with Crippen molar-refractivity contribution in [2.75, 3.05) is 19.7 Å². The summed E-state index contributed by atoms with van der Waals surface area (Å²) in [5.74, 6) is 1.84. The number of piperidine rings is 1. The SMILES string of the molecule is CC(C)COc1ccc(C(=O)C2CCNCC2)cc1C(C)(C)C. The van der Waals surface area contributed by atoms with Crippen LogP contribution in [-0.2, 0) is 5.41 Å². The largest absolute Gasteiger partial charge is 0.493 e. The number of carbonyl (C=O) groups excluding carboxylic acids is 1. The Kier molecular flexibility index (Phi) is 5.85. The van der Waals surface area contributed by atoms with Crippen molar-refractivity contribution in [1.82, 2.24) is 5.32 Å². The van der Waals surface area contributed by atoms with Crippen LogP contribution in [0.15, 0.2) is 18.2 Å². The smallest absolute Gasteiger partial charge is 0.166 e. The van der Waals surface area contributed by atoms with Gasteiger partial charge < -0.3 is 10.1 Å². The van der Waals surface area contributed by atoms with E-state index < -0.39 is 0 Å². The molecule has 3 heteroatoms. The van der Waals surface area contributed by atoms with E-state index in [1.165, 1.54) is 0 Å². The standard InChI is InChI=1S/C20H31NO2/c1-14(2)13-23-18-7-6-16(12-17(18)20(3,4)5)19(22)15-8-10-21-11-9-15/h6-7,12,14-15,21H,8-11,13H2,1-5H3. The van der Waals surface area contributed by atoms with Crippen LogP contribution in [0.1, 0.15) is 63.4 Å². The zero-order valence-electron chi connectivity index (χ0n) is 15.2. The monoisotopic (exact) mass is 317 g/mol. The molecule has 3 nitrogen and oxygen atoms in total. The summed E-state index contributed by atoms with van der Waals surface area (Å²) in [7, 11) is 0. The second-order valence-electron chi connectivity index (χ2n) is 8.05. The first-order valence-corrected chi connectivity index (χ1v) is 8.81. The highest BCUT2D eigenvalue weighted by Crippen LogP contribution is 2.33. The maximum Gasteiger partial charge on any atom is 0.166 e. The van der Waals surface area contributed by atoms with Gasteiger partial charge in [-0.2, -0.15) is 0 Å². The van der Waals surface area contributed by atoms with Crippen LogP contribution in [0.3, 0.4) is 0 Å². The van der Waals surface area contributed by atoms with Crippen LogP contribution in [0.5, 0.6) is 5.75 Å². The van der Waals surface area contributed by atoms with Crippen molar-refractivity contribution in [2.45, 2.75) is 52.9 Å². The minimum absolute atomic E-state index is 0.0449. The summed E-state index contributed by atoms with van der Waals surface area (Å²) in [5.41, 5.74) is 1.91. The molecule has 0 spiro atoms. The number of nitrogens with one attached hydrogen (secondary N) is 1. The second kappa shape index (κ2) is 7.48. The molecule has 23 heavy (non-hydrogen) atoms. The number of ketones is 1. The fourth-order valence-corrected chi connectivity index (χ4v) is 2.97. The fourth-order valence-electron chi connectivity index (χ4n) is 2.97. The Hall–Kier alpha value is -1.35. The molecule has 0 radical (unpaired) electrons. The number of benzene rings is 1. The van der Waals surface area contributed by atoms with Crippen LogP contribution < -0.4 is 10.1 Å². The fraction of sp³-hybridized carbons (Fsp3) is 0.650. The first-order chi connectivity index (χ1) is 10.8. The van der Waals surface area contributed by atoms with E-state index in [0.717, 1.165) is 42.8 Å². The Labute approximate surface area is 140 Å². The Morgan fingerprint density at radius 1 is 1.26 bits per heavy atom. The summed E-state index contributed by atoms with van der Waals surface area (Å²) in [6.45, 7) is 13.4. The molecular formula is C20H31NO2. The van der Waals surface area contributed by atoms with Gasteiger partial charge in [-0.05, 0) is 55.5 Å². The van der Waals surface area contributed by atoms with Gasteiger partial charge in [-0.1, -0.05) is 34.6 Å². The Morgan fingerprint density at radius 2 is 1.91 bits per heavy atom. The lowest BCUT2D eigenvalue weighted by Gasteiger charge is -2.26. The highest BCUT2D eigenvalue weighted by atomic mass is 16.5. The lowest BCUT2D eigenvalue weighted by molar-refractivity contribution is 0.0895. The van der Waals surface area contributed by atoms with Crippen LogP contribution in [0.4, 0.5) is 0 Å². The lowest BCUT2D eigenvalue weighted by atomic mass is 9.83. The molecule has 1 aromatic rings. The molecule has 1 aliphatic rings. The van der Waals surface area contributed by atoms with Crippen molar-refractivity contribution in [3.63, 3.8) is 0 Å². The summed E-state index contributed by atoms with van der Waals surface area (Å²) in [6, 6.07) is 5.98. The van der Waals surface area contributed by atoms with Crippen molar-refractivity contribution in [2.24, 2.45) is 11.8 Å². The topological polar surface area (TPSA) is 38.3 Å². The van der Waals surface area contributed by atoms with Crippen molar-refractivity contribution in [1.29, 1.82) is 0 Å². The zero-order chi connectivity index (χ0) is 17.0. The predicted molar refractivity (Wildman–Crippen MR) is 95.4 cm³/mol. The average Bonchev–Trinajstić information content (AvgIpc) is 2.52. The molecule has 0 atom stereocenters. The Morgan fingerprint density at radius 3 is 2.48 bits per heavy atom. The van der Waals surface area contributed by atoms with Crippen LogP contribution in [0, 0.1) is 11.8 Å². The molecule has 1 aliphatic heterocycles. The van der Waals surface area contributed by atoms with Crippen LogP contribution in [0.2, 0.25) is 0 Å². The van der Waals surface area contributed by atoms with Gasteiger partial charge in [-0.25, -0.2) is 0 Å². The highest BCUT2D eigenvalue weighted by Gasteiger charge is 2.25. The first-order valence-electron chi connectivity index (χ1n) is 8.81. The van der Waals surface area contributed by atoms with E-state index in [1.54, 1.807) is 0 Å². The summed E-state index contributed by atoms with van der Waals surface area (Å²) in [6.07, 6.45) is 1.88. The average molecular weight is 317 g/mol. The summed E-state index contributed by atoms with van der Waals surface area (Å²) >= 11 is 0. The van der Waals surface area contributed by atoms with Crippen molar-refractivity contribution < 1.29 is 9.53 Å². The number of hydrogen-bond donors (Lipinski definition) is 1. The van der Waals surface area contributed by atoms with Gasteiger partial charge in [0.15, 0.2) is 5.78 Å². The van der Waals surface area contributed by atoms with Gasteiger partial charge in [-0.3, -0.25) is 4.79 Å². The zero-order valence-corrected chi connectivity index (χ0v) is 15.2. The van der Waals surface area contributed by atoms with Crippen molar-refractivity contribution in [3.8, 4) is 5.75 Å². The van der Waals surface area contributed by atoms with E-state index in [9.17, 15) is 4.79 Å². The lowest BCUT2D eigenvalue weighted by Crippen LogP contribution is -2.32. The molecule has 1 fully saturated rings. The summed E-state index contributed by atoms with van der Waals surface area (Å²) in [5, 5.41) is 3.32. The third-order valence-electron chi connectivity index (χ3n) is 4.35. The molecular weight excluding hydrogens is 286 g/mol. The van der Waals surface area contributed by atoms with Gasteiger partial charge in [0.1, 0.15) is 5.75 Å². The Bertz CT molecular complexity index is 537.